The van der Waals surface area contributed by atoms with Crippen molar-refractivity contribution < 1.29 is 51.9 Å². The fraction of sp³-hybridized carbons (Fsp3) is 0.621. The Morgan fingerprint density at radius 3 is 2.16 bits per heavy atom. The van der Waals surface area contributed by atoms with E-state index in [0.717, 1.165) is 5.56 Å². The summed E-state index contributed by atoms with van der Waals surface area (Å²) >= 11 is 0. The minimum Gasteiger partial charge on any atom is -0.435 e. The molecular formula is C29H44N2O11S3. The second kappa shape index (κ2) is 22.5. The van der Waals surface area contributed by atoms with Gasteiger partial charge in [-0.3, -0.25) is 18.6 Å². The van der Waals surface area contributed by atoms with Crippen LogP contribution in [0.5, 0.6) is 0 Å². The zero-order valence-corrected chi connectivity index (χ0v) is 28.9. The topological polar surface area (TPSA) is 173 Å². The monoisotopic (exact) mass is 692 g/mol. The summed E-state index contributed by atoms with van der Waals surface area (Å²) in [7, 11) is 1.75. The number of hydrogen-bond acceptors (Lipinski definition) is 13. The van der Waals surface area contributed by atoms with Gasteiger partial charge in [-0.2, -0.15) is 0 Å². The van der Waals surface area contributed by atoms with Crippen LogP contribution in [-0.2, 0) is 55.3 Å². The molecule has 0 bridgehead atoms. The first-order valence-corrected chi connectivity index (χ1v) is 18.6. The normalized spacial score (nSPS) is 14.2. The Morgan fingerprint density at radius 2 is 1.53 bits per heavy atom. The molecule has 16 heteroatoms. The van der Waals surface area contributed by atoms with Crippen molar-refractivity contribution in [3.63, 3.8) is 0 Å². The molecule has 2 amide bonds. The van der Waals surface area contributed by atoms with E-state index < -0.39 is 66.1 Å². The molecule has 45 heavy (non-hydrogen) atoms. The third-order valence-electron chi connectivity index (χ3n) is 5.65. The molecule has 0 fully saturated rings. The molecule has 0 aliphatic carbocycles. The molecule has 0 aliphatic heterocycles. The smallest absolute Gasteiger partial charge is 0.435 e. The van der Waals surface area contributed by atoms with Crippen molar-refractivity contribution in [2.45, 2.75) is 66.1 Å². The van der Waals surface area contributed by atoms with E-state index in [0.29, 0.717) is 30.1 Å². The number of carbonyl (C=O) groups is 5. The highest BCUT2D eigenvalue weighted by Crippen LogP contribution is 2.27. The van der Waals surface area contributed by atoms with Crippen LogP contribution in [0.25, 0.3) is 0 Å². The van der Waals surface area contributed by atoms with Crippen LogP contribution in [-0.4, -0.2) is 89.6 Å². The van der Waals surface area contributed by atoms with Gasteiger partial charge >= 0.3 is 24.2 Å². The van der Waals surface area contributed by atoms with E-state index in [2.05, 4.69) is 15.4 Å². The van der Waals surface area contributed by atoms with Crippen LogP contribution in [0.1, 0.15) is 46.6 Å². The van der Waals surface area contributed by atoms with E-state index in [4.69, 9.17) is 18.9 Å². The van der Waals surface area contributed by atoms with E-state index in [1.54, 1.807) is 27.0 Å². The van der Waals surface area contributed by atoms with Gasteiger partial charge in [-0.1, -0.05) is 65.8 Å². The summed E-state index contributed by atoms with van der Waals surface area (Å²) < 4.78 is 36.3. The first kappa shape index (κ1) is 40.0. The molecule has 3 unspecified atom stereocenters. The summed E-state index contributed by atoms with van der Waals surface area (Å²) in [6, 6.07) is 9.00. The molecule has 1 rings (SSSR count). The highest BCUT2D eigenvalue weighted by Gasteiger charge is 2.23. The summed E-state index contributed by atoms with van der Waals surface area (Å²) in [5.41, 5.74) is 0.933. The number of hydrogen-bond donors (Lipinski definition) is 2. The van der Waals surface area contributed by atoms with E-state index in [9.17, 15) is 28.2 Å². The number of nitrogens with one attached hydrogen (secondary N) is 2. The molecule has 0 aliphatic rings. The zero-order valence-electron chi connectivity index (χ0n) is 26.4. The number of benzene rings is 1. The highest BCUT2D eigenvalue weighted by atomic mass is 33.1. The van der Waals surface area contributed by atoms with Crippen LogP contribution in [0.4, 0.5) is 9.59 Å². The minimum absolute atomic E-state index is 0.106. The Balaban J connectivity index is 2.71. The Kier molecular flexibility index (Phi) is 20.0. The van der Waals surface area contributed by atoms with Gasteiger partial charge in [-0.05, 0) is 25.3 Å². The van der Waals surface area contributed by atoms with E-state index in [1.165, 1.54) is 35.4 Å². The molecule has 5 atom stereocenters. The van der Waals surface area contributed by atoms with Gasteiger partial charge < -0.3 is 34.3 Å². The van der Waals surface area contributed by atoms with Crippen molar-refractivity contribution in [2.24, 2.45) is 11.8 Å². The molecule has 254 valence electrons. The quantitative estimate of drug-likeness (QED) is 0.0665. The Hall–Kier alpha value is -2.98. The number of alkyl carbamates (subject to hydrolysis) is 1. The van der Waals surface area contributed by atoms with Gasteiger partial charge in [0.25, 0.3) is 0 Å². The number of carbonyl (C=O) groups excluding carboxylic acids is 5. The summed E-state index contributed by atoms with van der Waals surface area (Å²) in [5, 5.41) is 5.32. The lowest BCUT2D eigenvalue weighted by Crippen LogP contribution is -2.40. The van der Waals surface area contributed by atoms with Crippen molar-refractivity contribution in [1.29, 1.82) is 0 Å². The lowest BCUT2D eigenvalue weighted by molar-refractivity contribution is -0.169. The molecule has 0 spiro atoms. The molecule has 1 aromatic carbocycles. The Morgan fingerprint density at radius 1 is 0.889 bits per heavy atom. The SMILES string of the molecule is CCOC(=O)OC(C)OC(=O)CNC(=O)[C@@H](CSSC[C@H](CCS(C)=O)NC(=O)OC(C)OC(=O)C(C)C)Cc1ccccc1. The fourth-order valence-corrected chi connectivity index (χ4v) is 6.63. The number of rotatable bonds is 20. The average Bonchev–Trinajstić information content (AvgIpc) is 2.96. The average molecular weight is 693 g/mol. The molecule has 0 aromatic heterocycles. The minimum atomic E-state index is -1.19. The molecule has 1 aromatic rings. The van der Waals surface area contributed by atoms with Gasteiger partial charge in [-0.25, -0.2) is 9.59 Å². The summed E-state index contributed by atoms with van der Waals surface area (Å²) in [6.45, 7) is 7.41. The molecule has 2 N–H and O–H groups in total. The molecule has 13 nitrogen and oxygen atoms in total. The van der Waals surface area contributed by atoms with Gasteiger partial charge in [0.2, 0.25) is 18.5 Å². The summed E-state index contributed by atoms with van der Waals surface area (Å²) in [4.78, 5) is 60.8. The lowest BCUT2D eigenvalue weighted by Gasteiger charge is -2.21. The third kappa shape index (κ3) is 19.2. The van der Waals surface area contributed by atoms with E-state index >= 15 is 0 Å². The summed E-state index contributed by atoms with van der Waals surface area (Å²) in [6.07, 6.45) is -1.62. The standard InChI is InChI=1S/C29H44N2O11S3/c1-7-38-29(36)42-20(4)39-25(32)16-30-26(33)23(15-22-11-9-8-10-12-22)17-43-44-18-24(13-14-45(6)37)31-28(35)41-21(5)40-27(34)19(2)3/h8-12,19-21,23-24H,7,13-18H2,1-6H3,(H,30,33)(H,31,35)/t20?,21?,23-,24+,45?/m1/s1. The van der Waals surface area contributed by atoms with E-state index in [-0.39, 0.29) is 18.4 Å². The number of ether oxygens (including phenoxy) is 5. The van der Waals surface area contributed by atoms with Gasteiger partial charge in [0.1, 0.15) is 6.54 Å². The van der Waals surface area contributed by atoms with Crippen LogP contribution >= 0.6 is 21.6 Å². The summed E-state index contributed by atoms with van der Waals surface area (Å²) in [5.74, 6) is -1.39. The Bertz CT molecular complexity index is 1110. The van der Waals surface area contributed by atoms with Crippen molar-refractivity contribution in [1.82, 2.24) is 10.6 Å². The molecule has 0 radical (unpaired) electrons. The predicted molar refractivity (Wildman–Crippen MR) is 173 cm³/mol. The maximum Gasteiger partial charge on any atom is 0.511 e. The van der Waals surface area contributed by atoms with Crippen LogP contribution < -0.4 is 10.6 Å². The van der Waals surface area contributed by atoms with Crippen LogP contribution in [0.3, 0.4) is 0 Å². The largest absolute Gasteiger partial charge is 0.511 e. The molecule has 0 heterocycles. The van der Waals surface area contributed by atoms with Crippen molar-refractivity contribution in [2.75, 3.05) is 36.7 Å². The number of amides is 2. The van der Waals surface area contributed by atoms with Crippen LogP contribution in [0.15, 0.2) is 30.3 Å². The van der Waals surface area contributed by atoms with Gasteiger partial charge in [0.15, 0.2) is 0 Å². The third-order valence-corrected chi connectivity index (χ3v) is 9.02. The van der Waals surface area contributed by atoms with Crippen LogP contribution in [0.2, 0.25) is 0 Å². The first-order valence-electron chi connectivity index (χ1n) is 14.4. The van der Waals surface area contributed by atoms with Crippen LogP contribution in [0, 0.1) is 11.8 Å². The second-order valence-corrected chi connectivity index (χ2v) is 14.1. The lowest BCUT2D eigenvalue weighted by atomic mass is 10.0. The van der Waals surface area contributed by atoms with Crippen molar-refractivity contribution in [3.8, 4) is 0 Å². The molecule has 0 saturated heterocycles. The van der Waals surface area contributed by atoms with E-state index in [1.807, 2.05) is 30.3 Å². The van der Waals surface area contributed by atoms with Gasteiger partial charge in [-0.15, -0.1) is 0 Å². The maximum absolute atomic E-state index is 13.1. The van der Waals surface area contributed by atoms with Crippen molar-refractivity contribution >= 4 is 62.5 Å². The maximum atomic E-state index is 13.1. The first-order chi connectivity index (χ1) is 21.3. The fourth-order valence-electron chi connectivity index (χ4n) is 3.41. The van der Waals surface area contributed by atoms with Crippen molar-refractivity contribution in [3.05, 3.63) is 35.9 Å². The number of esters is 2. The molecule has 0 saturated carbocycles. The predicted octanol–water partition coefficient (Wildman–Crippen LogP) is 3.81. The molecular weight excluding hydrogens is 649 g/mol. The second-order valence-electron chi connectivity index (χ2n) is 10.0. The zero-order chi connectivity index (χ0) is 33.8. The Labute approximate surface area is 274 Å². The highest BCUT2D eigenvalue weighted by molar-refractivity contribution is 8.76. The van der Waals surface area contributed by atoms with Gasteiger partial charge in [0.05, 0.1) is 18.4 Å². The van der Waals surface area contributed by atoms with Gasteiger partial charge in [0, 0.05) is 54.2 Å².